The fourth-order valence-electron chi connectivity index (χ4n) is 4.66. The molecule has 2 nitrogen and oxygen atoms in total. The quantitative estimate of drug-likeness (QED) is 0.299. The van der Waals surface area contributed by atoms with Gasteiger partial charge >= 0.3 is 0 Å². The molecule has 0 radical (unpaired) electrons. The minimum atomic E-state index is 0.715. The van der Waals surface area contributed by atoms with Crippen LogP contribution in [0.15, 0.2) is 12.7 Å². The molecule has 0 aromatic heterocycles. The zero-order chi connectivity index (χ0) is 17.7. The van der Waals surface area contributed by atoms with Gasteiger partial charge in [-0.15, -0.1) is 6.58 Å². The van der Waals surface area contributed by atoms with Crippen LogP contribution in [0.5, 0.6) is 0 Å². The van der Waals surface area contributed by atoms with Gasteiger partial charge in [0.2, 0.25) is 0 Å². The molecular formula is C23H42O2. The maximum atomic E-state index is 5.83. The van der Waals surface area contributed by atoms with Crippen LogP contribution >= 0.6 is 0 Å². The van der Waals surface area contributed by atoms with E-state index in [0.717, 1.165) is 43.5 Å². The van der Waals surface area contributed by atoms with E-state index >= 15 is 0 Å². The molecule has 2 heteroatoms. The van der Waals surface area contributed by atoms with Crippen molar-refractivity contribution in [1.29, 1.82) is 0 Å². The van der Waals surface area contributed by atoms with Crippen molar-refractivity contribution in [3.8, 4) is 0 Å². The van der Waals surface area contributed by atoms with Crippen molar-refractivity contribution in [2.24, 2.45) is 23.7 Å². The minimum absolute atomic E-state index is 0.715. The number of hydrogen-bond donors (Lipinski definition) is 0. The summed E-state index contributed by atoms with van der Waals surface area (Å²) in [5.41, 5.74) is 0. The van der Waals surface area contributed by atoms with Gasteiger partial charge in [0.15, 0.2) is 0 Å². The van der Waals surface area contributed by atoms with Crippen molar-refractivity contribution < 1.29 is 9.47 Å². The lowest BCUT2D eigenvalue weighted by atomic mass is 9.76. The third kappa shape index (κ3) is 8.73. The smallest absolute Gasteiger partial charge is 0.0644 e. The van der Waals surface area contributed by atoms with Gasteiger partial charge in [0.05, 0.1) is 6.61 Å². The Hall–Kier alpha value is -0.340. The molecule has 0 bridgehead atoms. The molecule has 146 valence electrons. The number of ether oxygens (including phenoxy) is 2. The van der Waals surface area contributed by atoms with Crippen LogP contribution in [-0.2, 0) is 9.47 Å². The summed E-state index contributed by atoms with van der Waals surface area (Å²) in [6.07, 6.45) is 18.6. The Balaban J connectivity index is 1.48. The van der Waals surface area contributed by atoms with Crippen LogP contribution in [0.25, 0.3) is 0 Å². The van der Waals surface area contributed by atoms with E-state index in [-0.39, 0.29) is 0 Å². The zero-order valence-electron chi connectivity index (χ0n) is 16.7. The third-order valence-corrected chi connectivity index (χ3v) is 6.50. The fourth-order valence-corrected chi connectivity index (χ4v) is 4.66. The monoisotopic (exact) mass is 350 g/mol. The van der Waals surface area contributed by atoms with Gasteiger partial charge in [-0.3, -0.25) is 0 Å². The Morgan fingerprint density at radius 3 is 1.72 bits per heavy atom. The summed E-state index contributed by atoms with van der Waals surface area (Å²) in [6, 6.07) is 0. The van der Waals surface area contributed by atoms with Crippen molar-refractivity contribution in [1.82, 2.24) is 0 Å². The highest BCUT2D eigenvalue weighted by atomic mass is 16.5. The van der Waals surface area contributed by atoms with Crippen LogP contribution in [0, 0.1) is 23.7 Å². The molecule has 25 heavy (non-hydrogen) atoms. The van der Waals surface area contributed by atoms with E-state index in [9.17, 15) is 0 Å². The number of hydrogen-bond acceptors (Lipinski definition) is 2. The maximum Gasteiger partial charge on any atom is 0.0644 e. The van der Waals surface area contributed by atoms with Gasteiger partial charge in [-0.1, -0.05) is 57.9 Å². The average Bonchev–Trinajstić information content (AvgIpc) is 2.66. The van der Waals surface area contributed by atoms with Gasteiger partial charge in [-0.25, -0.2) is 0 Å². The second-order valence-electron chi connectivity index (χ2n) is 8.61. The zero-order valence-corrected chi connectivity index (χ0v) is 16.7. The summed E-state index contributed by atoms with van der Waals surface area (Å²) >= 11 is 0. The molecule has 0 heterocycles. The summed E-state index contributed by atoms with van der Waals surface area (Å²) in [5.74, 6) is 3.64. The topological polar surface area (TPSA) is 18.5 Å². The number of rotatable bonds is 12. The second kappa shape index (κ2) is 12.9. The third-order valence-electron chi connectivity index (χ3n) is 6.50. The average molecular weight is 351 g/mol. The van der Waals surface area contributed by atoms with E-state index in [2.05, 4.69) is 13.5 Å². The van der Waals surface area contributed by atoms with Crippen molar-refractivity contribution >= 4 is 0 Å². The van der Waals surface area contributed by atoms with E-state index in [0.29, 0.717) is 6.61 Å². The molecule has 2 aliphatic rings. The summed E-state index contributed by atoms with van der Waals surface area (Å²) in [7, 11) is 0. The van der Waals surface area contributed by atoms with Gasteiger partial charge in [0, 0.05) is 19.8 Å². The first-order valence-corrected chi connectivity index (χ1v) is 11.1. The first kappa shape index (κ1) is 21.0. The Labute approximate surface area is 156 Å². The summed E-state index contributed by atoms with van der Waals surface area (Å²) < 4.78 is 11.5. The maximum absolute atomic E-state index is 5.83. The summed E-state index contributed by atoms with van der Waals surface area (Å²) in [4.78, 5) is 0. The van der Waals surface area contributed by atoms with Crippen molar-refractivity contribution in [3.05, 3.63) is 12.7 Å². The van der Waals surface area contributed by atoms with E-state index in [4.69, 9.17) is 9.47 Å². The number of unbranched alkanes of at least 4 members (excludes halogenated alkanes) is 1. The van der Waals surface area contributed by atoms with Gasteiger partial charge in [-0.2, -0.15) is 0 Å². The van der Waals surface area contributed by atoms with E-state index < -0.39 is 0 Å². The molecule has 0 aliphatic heterocycles. The van der Waals surface area contributed by atoms with Gasteiger partial charge < -0.3 is 9.47 Å². The van der Waals surface area contributed by atoms with E-state index in [1.807, 2.05) is 6.08 Å². The van der Waals surface area contributed by atoms with Crippen molar-refractivity contribution in [2.45, 2.75) is 84.0 Å². The Morgan fingerprint density at radius 2 is 1.24 bits per heavy atom. The molecule has 2 aliphatic carbocycles. The second-order valence-corrected chi connectivity index (χ2v) is 8.61. The van der Waals surface area contributed by atoms with Crippen LogP contribution < -0.4 is 0 Å². The van der Waals surface area contributed by atoms with Gasteiger partial charge in [-0.05, 0) is 55.8 Å². The molecule has 2 saturated carbocycles. The summed E-state index contributed by atoms with van der Waals surface area (Å²) in [6.45, 7) is 9.60. The molecule has 2 fully saturated rings. The summed E-state index contributed by atoms with van der Waals surface area (Å²) in [5, 5.41) is 0. The molecule has 2 rings (SSSR count). The first-order chi connectivity index (χ1) is 12.3. The highest BCUT2D eigenvalue weighted by molar-refractivity contribution is 4.77. The molecule has 0 N–H and O–H groups in total. The standard InChI is InChI=1S/C23H42O2/c1-3-5-17-25-19-23-14-10-21(11-15-23)7-6-20-8-12-22(13-9-20)18-24-16-4-2/h4,20-23H,2-3,5-19H2,1H3/t20-,21-,22-,23-. The van der Waals surface area contributed by atoms with Crippen LogP contribution in [0.4, 0.5) is 0 Å². The first-order valence-electron chi connectivity index (χ1n) is 11.1. The lowest BCUT2D eigenvalue weighted by Crippen LogP contribution is -2.21. The highest BCUT2D eigenvalue weighted by Gasteiger charge is 2.24. The van der Waals surface area contributed by atoms with Gasteiger partial charge in [0.1, 0.15) is 0 Å². The van der Waals surface area contributed by atoms with Crippen molar-refractivity contribution in [3.63, 3.8) is 0 Å². The largest absolute Gasteiger partial charge is 0.381 e. The van der Waals surface area contributed by atoms with Crippen molar-refractivity contribution in [2.75, 3.05) is 26.4 Å². The highest BCUT2D eigenvalue weighted by Crippen LogP contribution is 2.36. The van der Waals surface area contributed by atoms with Gasteiger partial charge in [0.25, 0.3) is 0 Å². The Morgan fingerprint density at radius 1 is 0.760 bits per heavy atom. The van der Waals surface area contributed by atoms with Crippen LogP contribution in [0.3, 0.4) is 0 Å². The predicted octanol–water partition coefficient (Wildman–Crippen LogP) is 6.40. The van der Waals surface area contributed by atoms with Crippen LogP contribution in [0.1, 0.15) is 84.0 Å². The molecular weight excluding hydrogens is 308 g/mol. The lowest BCUT2D eigenvalue weighted by molar-refractivity contribution is 0.0731. The molecule has 0 amide bonds. The Bertz CT molecular complexity index is 325. The Kier molecular flexibility index (Phi) is 10.8. The predicted molar refractivity (Wildman–Crippen MR) is 107 cm³/mol. The van der Waals surface area contributed by atoms with Crippen LogP contribution in [0.2, 0.25) is 0 Å². The van der Waals surface area contributed by atoms with E-state index in [1.165, 1.54) is 77.0 Å². The molecule has 0 aromatic rings. The molecule has 0 spiro atoms. The normalized spacial score (nSPS) is 30.3. The minimum Gasteiger partial charge on any atom is -0.381 e. The molecule has 0 aromatic carbocycles. The molecule has 0 unspecified atom stereocenters. The fraction of sp³-hybridized carbons (Fsp3) is 0.913. The molecule has 0 atom stereocenters. The van der Waals surface area contributed by atoms with E-state index in [1.54, 1.807) is 0 Å². The molecule has 0 saturated heterocycles. The SMILES string of the molecule is C=CCOC[C@H]1CC[C@H](CC[C@H]2CC[C@H](COCCCC)CC2)CC1. The van der Waals surface area contributed by atoms with Crippen LogP contribution in [-0.4, -0.2) is 26.4 Å². The lowest BCUT2D eigenvalue weighted by Gasteiger charge is -2.32.